The highest BCUT2D eigenvalue weighted by Gasteiger charge is 2.45. The molecule has 3 rings (SSSR count). The number of nitrogens with zero attached hydrogens (tertiary/aromatic N) is 1. The molecule has 0 aromatic heterocycles. The van der Waals surface area contributed by atoms with Crippen molar-refractivity contribution in [2.45, 2.75) is 32.4 Å². The van der Waals surface area contributed by atoms with Gasteiger partial charge in [-0.1, -0.05) is 24.3 Å². The van der Waals surface area contributed by atoms with Crippen molar-refractivity contribution in [2.24, 2.45) is 0 Å². The van der Waals surface area contributed by atoms with Gasteiger partial charge >= 0.3 is 0 Å². The summed E-state index contributed by atoms with van der Waals surface area (Å²) in [5.41, 5.74) is 1.00. The smallest absolute Gasteiger partial charge is 0.295 e. The number of ketones is 1. The SMILES string of the molecule is COc1cccc(/C(O)=C2/C(=O)C(=O)N(CCCOC(C)C)C2c2ccc(O)cc2)c1. The number of amides is 1. The molecule has 2 N–H and O–H groups in total. The number of likely N-dealkylation sites (tertiary alicyclic amines) is 1. The van der Waals surface area contributed by atoms with E-state index in [4.69, 9.17) is 9.47 Å². The molecule has 1 aliphatic heterocycles. The number of Topliss-reactive ketones (excluding diaryl/α,β-unsaturated/α-hetero) is 1. The summed E-state index contributed by atoms with van der Waals surface area (Å²) in [5.74, 6) is -1.10. The number of carbonyl (C=O) groups is 2. The molecule has 1 saturated heterocycles. The molecule has 164 valence electrons. The van der Waals surface area contributed by atoms with E-state index in [1.807, 2.05) is 13.8 Å². The van der Waals surface area contributed by atoms with Crippen molar-refractivity contribution >= 4 is 17.4 Å². The van der Waals surface area contributed by atoms with Gasteiger partial charge in [-0.15, -0.1) is 0 Å². The number of hydrogen-bond donors (Lipinski definition) is 2. The second kappa shape index (κ2) is 9.66. The van der Waals surface area contributed by atoms with Crippen LogP contribution in [0.2, 0.25) is 0 Å². The number of aliphatic hydroxyl groups is 1. The molecule has 1 aliphatic rings. The van der Waals surface area contributed by atoms with Gasteiger partial charge in [0.15, 0.2) is 0 Å². The Kier molecular flexibility index (Phi) is 6.97. The number of hydrogen-bond acceptors (Lipinski definition) is 6. The normalized spacial score (nSPS) is 18.1. The summed E-state index contributed by atoms with van der Waals surface area (Å²) in [5, 5.41) is 20.7. The predicted octanol–water partition coefficient (Wildman–Crippen LogP) is 3.64. The first kappa shape index (κ1) is 22.4. The number of aliphatic hydroxyl groups excluding tert-OH is 1. The lowest BCUT2D eigenvalue weighted by Gasteiger charge is -2.25. The van der Waals surface area contributed by atoms with Crippen molar-refractivity contribution in [3.63, 3.8) is 0 Å². The number of carbonyl (C=O) groups excluding carboxylic acids is 2. The largest absolute Gasteiger partial charge is 0.508 e. The summed E-state index contributed by atoms with van der Waals surface area (Å²) < 4.78 is 10.8. The monoisotopic (exact) mass is 425 g/mol. The van der Waals surface area contributed by atoms with Crippen LogP contribution in [0.25, 0.3) is 5.76 Å². The van der Waals surface area contributed by atoms with Crippen LogP contribution in [0.3, 0.4) is 0 Å². The molecule has 7 nitrogen and oxygen atoms in total. The Labute approximate surface area is 181 Å². The van der Waals surface area contributed by atoms with Gasteiger partial charge in [0.1, 0.15) is 17.3 Å². The van der Waals surface area contributed by atoms with E-state index >= 15 is 0 Å². The van der Waals surface area contributed by atoms with Gasteiger partial charge in [0, 0.05) is 18.7 Å². The standard InChI is InChI=1S/C24H27NO6/c1-15(2)31-13-5-12-25-21(16-8-10-18(26)11-9-16)20(23(28)24(25)29)22(27)17-6-4-7-19(14-17)30-3/h4,6-11,14-15,21,26-27H,5,12-13H2,1-3H3/b22-20-. The highest BCUT2D eigenvalue weighted by atomic mass is 16.5. The Morgan fingerprint density at radius 2 is 1.84 bits per heavy atom. The molecule has 0 aliphatic carbocycles. The third-order valence-corrected chi connectivity index (χ3v) is 5.09. The Balaban J connectivity index is 2.03. The lowest BCUT2D eigenvalue weighted by Crippen LogP contribution is -2.31. The summed E-state index contributed by atoms with van der Waals surface area (Å²) in [6.45, 7) is 4.59. The summed E-state index contributed by atoms with van der Waals surface area (Å²) in [6.07, 6.45) is 0.607. The minimum Gasteiger partial charge on any atom is -0.508 e. The number of methoxy groups -OCH3 is 1. The zero-order chi connectivity index (χ0) is 22.5. The highest BCUT2D eigenvalue weighted by molar-refractivity contribution is 6.46. The average molecular weight is 425 g/mol. The number of benzene rings is 2. The Morgan fingerprint density at radius 3 is 2.48 bits per heavy atom. The fourth-order valence-corrected chi connectivity index (χ4v) is 3.59. The van der Waals surface area contributed by atoms with Crippen molar-refractivity contribution in [1.29, 1.82) is 0 Å². The molecule has 0 bridgehead atoms. The number of aromatic hydroxyl groups is 1. The minimum atomic E-state index is -0.772. The van der Waals surface area contributed by atoms with Crippen LogP contribution in [0.4, 0.5) is 0 Å². The zero-order valence-electron chi connectivity index (χ0n) is 17.9. The molecule has 0 radical (unpaired) electrons. The molecule has 1 atom stereocenters. The van der Waals surface area contributed by atoms with Gasteiger partial charge in [-0.05, 0) is 50.1 Å². The Hall–Kier alpha value is -3.32. The summed E-state index contributed by atoms with van der Waals surface area (Å²) in [4.78, 5) is 27.3. The molecule has 31 heavy (non-hydrogen) atoms. The maximum atomic E-state index is 13.0. The third-order valence-electron chi connectivity index (χ3n) is 5.09. The molecule has 7 heteroatoms. The molecule has 2 aromatic carbocycles. The zero-order valence-corrected chi connectivity index (χ0v) is 17.9. The van der Waals surface area contributed by atoms with Crippen molar-refractivity contribution in [3.05, 3.63) is 65.2 Å². The third kappa shape index (κ3) is 4.88. The Morgan fingerprint density at radius 1 is 1.13 bits per heavy atom. The van der Waals surface area contributed by atoms with Crippen LogP contribution in [-0.4, -0.2) is 53.2 Å². The average Bonchev–Trinajstić information content (AvgIpc) is 3.01. The van der Waals surface area contributed by atoms with Crippen LogP contribution in [0.15, 0.2) is 54.1 Å². The van der Waals surface area contributed by atoms with E-state index < -0.39 is 17.7 Å². The van der Waals surface area contributed by atoms with Gasteiger partial charge in [0.05, 0.1) is 24.8 Å². The maximum absolute atomic E-state index is 13.0. The fraction of sp³-hybridized carbons (Fsp3) is 0.333. The van der Waals surface area contributed by atoms with Crippen molar-refractivity contribution in [2.75, 3.05) is 20.3 Å². The van der Waals surface area contributed by atoms with Crippen molar-refractivity contribution < 1.29 is 29.3 Å². The van der Waals surface area contributed by atoms with E-state index in [1.54, 1.807) is 36.4 Å². The number of ether oxygens (including phenoxy) is 2. The van der Waals surface area contributed by atoms with Crippen molar-refractivity contribution in [3.8, 4) is 11.5 Å². The van der Waals surface area contributed by atoms with Gasteiger partial charge in [0.2, 0.25) is 0 Å². The molecular weight excluding hydrogens is 398 g/mol. The van der Waals surface area contributed by atoms with E-state index in [0.29, 0.717) is 29.9 Å². The van der Waals surface area contributed by atoms with Gasteiger partial charge in [-0.25, -0.2) is 0 Å². The van der Waals surface area contributed by atoms with Crippen LogP contribution in [-0.2, 0) is 14.3 Å². The number of phenolic OH excluding ortho intramolecular Hbond substituents is 1. The molecule has 0 saturated carbocycles. The van der Waals surface area contributed by atoms with Crippen LogP contribution in [0, 0.1) is 0 Å². The van der Waals surface area contributed by atoms with Crippen LogP contribution in [0.5, 0.6) is 11.5 Å². The van der Waals surface area contributed by atoms with E-state index in [-0.39, 0.29) is 29.7 Å². The van der Waals surface area contributed by atoms with Crippen molar-refractivity contribution in [1.82, 2.24) is 4.90 Å². The molecule has 0 spiro atoms. The first-order chi connectivity index (χ1) is 14.8. The summed E-state index contributed by atoms with van der Waals surface area (Å²) in [7, 11) is 1.51. The lowest BCUT2D eigenvalue weighted by atomic mass is 9.95. The predicted molar refractivity (Wildman–Crippen MR) is 116 cm³/mol. The van der Waals surface area contributed by atoms with E-state index in [9.17, 15) is 19.8 Å². The molecular formula is C24H27NO6. The molecule has 1 heterocycles. The molecule has 1 fully saturated rings. The van der Waals surface area contributed by atoms with Gasteiger partial charge in [-0.2, -0.15) is 0 Å². The molecule has 1 unspecified atom stereocenters. The van der Waals surface area contributed by atoms with Crippen LogP contribution in [0.1, 0.15) is 37.4 Å². The number of phenols is 1. The number of rotatable bonds is 8. The second-order valence-corrected chi connectivity index (χ2v) is 7.59. The first-order valence-electron chi connectivity index (χ1n) is 10.2. The topological polar surface area (TPSA) is 96.3 Å². The van der Waals surface area contributed by atoms with E-state index in [0.717, 1.165) is 0 Å². The lowest BCUT2D eigenvalue weighted by molar-refractivity contribution is -0.140. The summed E-state index contributed by atoms with van der Waals surface area (Å²) in [6, 6.07) is 12.2. The Bertz CT molecular complexity index is 980. The van der Waals surface area contributed by atoms with E-state index in [1.165, 1.54) is 24.1 Å². The van der Waals surface area contributed by atoms with Gasteiger partial charge in [0.25, 0.3) is 11.7 Å². The van der Waals surface area contributed by atoms with Crippen LogP contribution >= 0.6 is 0 Å². The second-order valence-electron chi connectivity index (χ2n) is 7.59. The molecule has 1 amide bonds. The van der Waals surface area contributed by atoms with Gasteiger partial charge < -0.3 is 24.6 Å². The fourth-order valence-electron chi connectivity index (χ4n) is 3.59. The quantitative estimate of drug-likeness (QED) is 0.290. The van der Waals surface area contributed by atoms with Crippen LogP contribution < -0.4 is 4.74 Å². The highest BCUT2D eigenvalue weighted by Crippen LogP contribution is 2.40. The first-order valence-corrected chi connectivity index (χ1v) is 10.2. The maximum Gasteiger partial charge on any atom is 0.295 e. The van der Waals surface area contributed by atoms with E-state index in [2.05, 4.69) is 0 Å². The minimum absolute atomic E-state index is 0.00807. The summed E-state index contributed by atoms with van der Waals surface area (Å²) >= 11 is 0. The molecule has 2 aromatic rings. The van der Waals surface area contributed by atoms with Gasteiger partial charge in [-0.3, -0.25) is 9.59 Å².